The van der Waals surface area contributed by atoms with Crippen LogP contribution in [0.25, 0.3) is 0 Å². The van der Waals surface area contributed by atoms with E-state index in [0.29, 0.717) is 11.8 Å². The van der Waals surface area contributed by atoms with E-state index in [1.807, 2.05) is 18.2 Å². The lowest BCUT2D eigenvalue weighted by Gasteiger charge is -2.17. The van der Waals surface area contributed by atoms with Crippen LogP contribution >= 0.6 is 23.2 Å². The van der Waals surface area contributed by atoms with Crippen LogP contribution in [0.15, 0.2) is 48.5 Å². The molecule has 1 unspecified atom stereocenters. The van der Waals surface area contributed by atoms with Crippen molar-refractivity contribution in [3.05, 3.63) is 70.2 Å². The first kappa shape index (κ1) is 13.5. The first-order valence-corrected chi connectivity index (χ1v) is 6.98. The van der Waals surface area contributed by atoms with Crippen LogP contribution in [0.3, 0.4) is 0 Å². The minimum atomic E-state index is 0.339. The summed E-state index contributed by atoms with van der Waals surface area (Å²) in [5.41, 5.74) is 3.86. The summed E-state index contributed by atoms with van der Waals surface area (Å²) in [6.45, 7) is 2.13. The fraction of sp³-hybridized carbons (Fsp3) is 0.250. The molecular weight excluding hydrogens is 263 g/mol. The van der Waals surface area contributed by atoms with Gasteiger partial charge >= 0.3 is 0 Å². The maximum absolute atomic E-state index is 6.13. The van der Waals surface area contributed by atoms with Gasteiger partial charge in [-0.25, -0.2) is 0 Å². The highest BCUT2D eigenvalue weighted by molar-refractivity contribution is 6.30. The average molecular weight is 279 g/mol. The molecule has 0 fully saturated rings. The van der Waals surface area contributed by atoms with E-state index in [1.54, 1.807) is 0 Å². The summed E-state index contributed by atoms with van der Waals surface area (Å²) in [4.78, 5) is 0. The molecule has 0 amide bonds. The zero-order valence-electron chi connectivity index (χ0n) is 10.4. The molecule has 0 aromatic heterocycles. The minimum absolute atomic E-state index is 0.339. The SMILES string of the molecule is Cc1ccccc1C(CCl)Cc1cccc(Cl)c1. The standard InChI is InChI=1S/C16H16Cl2/c1-12-5-2-3-8-16(12)14(11-17)9-13-6-4-7-15(18)10-13/h2-8,10,14H,9,11H2,1H3. The lowest BCUT2D eigenvalue weighted by atomic mass is 9.91. The Hall–Kier alpha value is -0.980. The van der Waals surface area contributed by atoms with Gasteiger partial charge in [-0.3, -0.25) is 0 Å². The monoisotopic (exact) mass is 278 g/mol. The molecule has 0 heterocycles. The second kappa shape index (κ2) is 6.26. The summed E-state index contributed by atoms with van der Waals surface area (Å²) in [5.74, 6) is 0.962. The topological polar surface area (TPSA) is 0 Å². The normalized spacial score (nSPS) is 12.4. The van der Waals surface area contributed by atoms with Crippen molar-refractivity contribution in [2.75, 3.05) is 5.88 Å². The van der Waals surface area contributed by atoms with Crippen molar-refractivity contribution in [1.29, 1.82) is 0 Å². The summed E-state index contributed by atoms with van der Waals surface area (Å²) in [6, 6.07) is 16.4. The molecule has 2 rings (SSSR count). The van der Waals surface area contributed by atoms with Crippen LogP contribution < -0.4 is 0 Å². The molecule has 0 aliphatic heterocycles. The van der Waals surface area contributed by atoms with Crippen LogP contribution in [0.1, 0.15) is 22.6 Å². The predicted octanol–water partition coefficient (Wildman–Crippen LogP) is 5.21. The van der Waals surface area contributed by atoms with Crippen LogP contribution in [-0.2, 0) is 6.42 Å². The molecule has 0 aliphatic carbocycles. The van der Waals surface area contributed by atoms with E-state index in [4.69, 9.17) is 23.2 Å². The van der Waals surface area contributed by atoms with Crippen molar-refractivity contribution < 1.29 is 0 Å². The highest BCUT2D eigenvalue weighted by atomic mass is 35.5. The van der Waals surface area contributed by atoms with Gasteiger partial charge in [-0.05, 0) is 42.2 Å². The first-order valence-electron chi connectivity index (χ1n) is 6.06. The van der Waals surface area contributed by atoms with Crippen LogP contribution in [-0.4, -0.2) is 5.88 Å². The van der Waals surface area contributed by atoms with Gasteiger partial charge in [0, 0.05) is 16.8 Å². The Morgan fingerprint density at radius 2 is 1.83 bits per heavy atom. The Balaban J connectivity index is 2.23. The molecule has 0 spiro atoms. The maximum atomic E-state index is 6.13. The zero-order chi connectivity index (χ0) is 13.0. The Morgan fingerprint density at radius 3 is 2.50 bits per heavy atom. The van der Waals surface area contributed by atoms with Gasteiger partial charge in [0.2, 0.25) is 0 Å². The van der Waals surface area contributed by atoms with Gasteiger partial charge in [-0.1, -0.05) is 48.0 Å². The van der Waals surface area contributed by atoms with E-state index in [9.17, 15) is 0 Å². The minimum Gasteiger partial charge on any atom is -0.126 e. The van der Waals surface area contributed by atoms with E-state index >= 15 is 0 Å². The van der Waals surface area contributed by atoms with Gasteiger partial charge in [-0.15, -0.1) is 11.6 Å². The number of hydrogen-bond acceptors (Lipinski definition) is 0. The highest BCUT2D eigenvalue weighted by Crippen LogP contribution is 2.26. The Labute approximate surface area is 119 Å². The molecule has 0 radical (unpaired) electrons. The van der Waals surface area contributed by atoms with Crippen LogP contribution in [0.2, 0.25) is 5.02 Å². The van der Waals surface area contributed by atoms with Crippen LogP contribution in [0, 0.1) is 6.92 Å². The fourth-order valence-electron chi connectivity index (χ4n) is 2.24. The highest BCUT2D eigenvalue weighted by Gasteiger charge is 2.13. The molecule has 0 bridgehead atoms. The van der Waals surface area contributed by atoms with Crippen molar-refractivity contribution in [2.45, 2.75) is 19.3 Å². The number of benzene rings is 2. The predicted molar refractivity (Wildman–Crippen MR) is 79.8 cm³/mol. The number of alkyl halides is 1. The molecule has 94 valence electrons. The number of aryl methyl sites for hydroxylation is 1. The second-order valence-corrected chi connectivity index (χ2v) is 5.29. The van der Waals surface area contributed by atoms with E-state index < -0.39 is 0 Å². The van der Waals surface area contributed by atoms with Gasteiger partial charge in [-0.2, -0.15) is 0 Å². The molecule has 0 N–H and O–H groups in total. The molecule has 0 aliphatic rings. The third-order valence-corrected chi connectivity index (χ3v) is 3.79. The van der Waals surface area contributed by atoms with E-state index in [2.05, 4.69) is 37.3 Å². The zero-order valence-corrected chi connectivity index (χ0v) is 11.9. The molecule has 0 saturated heterocycles. The van der Waals surface area contributed by atoms with Crippen molar-refractivity contribution in [3.8, 4) is 0 Å². The molecule has 0 saturated carbocycles. The molecule has 2 aromatic rings. The van der Waals surface area contributed by atoms with Crippen LogP contribution in [0.5, 0.6) is 0 Å². The van der Waals surface area contributed by atoms with Crippen molar-refractivity contribution in [1.82, 2.24) is 0 Å². The number of halogens is 2. The van der Waals surface area contributed by atoms with Crippen LogP contribution in [0.4, 0.5) is 0 Å². The smallest absolute Gasteiger partial charge is 0.0408 e. The summed E-state index contributed by atoms with van der Waals surface area (Å²) in [7, 11) is 0. The fourth-order valence-corrected chi connectivity index (χ4v) is 2.73. The van der Waals surface area contributed by atoms with Gasteiger partial charge in [0.25, 0.3) is 0 Å². The number of rotatable bonds is 4. The molecule has 18 heavy (non-hydrogen) atoms. The van der Waals surface area contributed by atoms with E-state index in [0.717, 1.165) is 11.4 Å². The maximum Gasteiger partial charge on any atom is 0.0408 e. The molecule has 1 atom stereocenters. The Bertz CT molecular complexity index is 520. The summed E-state index contributed by atoms with van der Waals surface area (Å²) in [5, 5.41) is 0.783. The van der Waals surface area contributed by atoms with E-state index in [-0.39, 0.29) is 0 Å². The Kier molecular flexibility index (Phi) is 4.68. The van der Waals surface area contributed by atoms with Gasteiger partial charge in [0.1, 0.15) is 0 Å². The lowest BCUT2D eigenvalue weighted by molar-refractivity contribution is 0.760. The third kappa shape index (κ3) is 3.28. The van der Waals surface area contributed by atoms with E-state index in [1.165, 1.54) is 16.7 Å². The van der Waals surface area contributed by atoms with Gasteiger partial charge < -0.3 is 0 Å². The Morgan fingerprint density at radius 1 is 1.06 bits per heavy atom. The summed E-state index contributed by atoms with van der Waals surface area (Å²) >= 11 is 12.1. The largest absolute Gasteiger partial charge is 0.126 e. The van der Waals surface area contributed by atoms with Crippen molar-refractivity contribution in [2.24, 2.45) is 0 Å². The molecule has 0 nitrogen and oxygen atoms in total. The molecule has 2 heteroatoms. The number of hydrogen-bond donors (Lipinski definition) is 0. The third-order valence-electron chi connectivity index (χ3n) is 3.19. The first-order chi connectivity index (χ1) is 8.70. The van der Waals surface area contributed by atoms with Gasteiger partial charge in [0.05, 0.1) is 0 Å². The average Bonchev–Trinajstić information content (AvgIpc) is 2.37. The summed E-state index contributed by atoms with van der Waals surface area (Å²) in [6.07, 6.45) is 0.926. The van der Waals surface area contributed by atoms with Crippen molar-refractivity contribution in [3.63, 3.8) is 0 Å². The lowest BCUT2D eigenvalue weighted by Crippen LogP contribution is -2.06. The summed E-state index contributed by atoms with van der Waals surface area (Å²) < 4.78 is 0. The van der Waals surface area contributed by atoms with Gasteiger partial charge in [0.15, 0.2) is 0 Å². The van der Waals surface area contributed by atoms with Crippen molar-refractivity contribution >= 4 is 23.2 Å². The molecule has 2 aromatic carbocycles. The second-order valence-electron chi connectivity index (χ2n) is 4.54. The molecular formula is C16H16Cl2. The quantitative estimate of drug-likeness (QED) is 0.674.